The molecule has 5 fully saturated rings. The molecule has 0 aromatic heterocycles. The fraction of sp³-hybridized carbons (Fsp3) is 1.00. The van der Waals surface area contributed by atoms with Crippen molar-refractivity contribution in [3.05, 3.63) is 0 Å². The zero-order chi connectivity index (χ0) is 30.0. The van der Waals surface area contributed by atoms with Crippen LogP contribution in [0, 0.1) is 23.7 Å². The molecule has 0 aromatic rings. The average Bonchev–Trinajstić information content (AvgIpc) is 2.98. The Morgan fingerprint density at radius 3 is 0.829 bits per heavy atom. The minimum Gasteiger partial charge on any atom is -0.330 e. The lowest BCUT2D eigenvalue weighted by atomic mass is 9.76. The van der Waals surface area contributed by atoms with E-state index in [2.05, 4.69) is 0 Å². The molecule has 16 N–H and O–H groups in total. The van der Waals surface area contributed by atoms with E-state index in [4.69, 9.17) is 45.9 Å². The van der Waals surface area contributed by atoms with Gasteiger partial charge in [0.1, 0.15) is 0 Å². The second kappa shape index (κ2) is 21.4. The number of nitrogens with two attached hydrogens (primary N) is 8. The predicted octanol–water partition coefficient (Wildman–Crippen LogP) is 3.55. The summed E-state index contributed by atoms with van der Waals surface area (Å²) < 4.78 is 0. The predicted molar refractivity (Wildman–Crippen MR) is 177 cm³/mol. The summed E-state index contributed by atoms with van der Waals surface area (Å²) in [6, 6.07) is 2.66. The third kappa shape index (κ3) is 16.9. The summed E-state index contributed by atoms with van der Waals surface area (Å²) in [5.74, 6) is 3.54. The third-order valence-corrected chi connectivity index (χ3v) is 10.7. The Morgan fingerprint density at radius 1 is 0.317 bits per heavy atom. The summed E-state index contributed by atoms with van der Waals surface area (Å²) in [5.41, 5.74) is 45.6. The Balaban J connectivity index is 0.000000199. The quantitative estimate of drug-likeness (QED) is 0.246. The van der Waals surface area contributed by atoms with E-state index in [0.717, 1.165) is 68.9 Å². The molecular weight excluding hydrogens is 508 g/mol. The fourth-order valence-corrected chi connectivity index (χ4v) is 7.43. The van der Waals surface area contributed by atoms with Crippen LogP contribution in [0.4, 0.5) is 0 Å². The molecule has 0 heterocycles. The minimum absolute atomic E-state index is 0.388. The van der Waals surface area contributed by atoms with Crippen molar-refractivity contribution >= 4 is 0 Å². The number of rotatable bonds is 4. The number of hydrogen-bond donors (Lipinski definition) is 8. The molecule has 8 nitrogen and oxygen atoms in total. The summed E-state index contributed by atoms with van der Waals surface area (Å²) in [5, 5.41) is 0. The topological polar surface area (TPSA) is 208 Å². The lowest BCUT2D eigenvalue weighted by Gasteiger charge is -2.32. The Hall–Kier alpha value is -0.320. The molecule has 2 atom stereocenters. The average molecular weight is 581 g/mol. The molecule has 5 saturated carbocycles. The van der Waals surface area contributed by atoms with E-state index in [0.29, 0.717) is 36.3 Å². The van der Waals surface area contributed by atoms with Gasteiger partial charge in [-0.15, -0.1) is 0 Å². The first-order valence-corrected chi connectivity index (χ1v) is 17.6. The van der Waals surface area contributed by atoms with Crippen molar-refractivity contribution in [2.24, 2.45) is 69.5 Å². The number of hydrogen-bond acceptors (Lipinski definition) is 8. The van der Waals surface area contributed by atoms with Crippen molar-refractivity contribution in [3.8, 4) is 0 Å². The van der Waals surface area contributed by atoms with Gasteiger partial charge in [0.25, 0.3) is 0 Å². The zero-order valence-corrected chi connectivity index (χ0v) is 26.7. The minimum atomic E-state index is 0.388. The maximum atomic E-state index is 5.93. The van der Waals surface area contributed by atoms with E-state index in [9.17, 15) is 0 Å². The van der Waals surface area contributed by atoms with E-state index in [-0.39, 0.29) is 0 Å². The maximum Gasteiger partial charge on any atom is 0.00535 e. The van der Waals surface area contributed by atoms with E-state index >= 15 is 0 Å². The Bertz CT molecular complexity index is 554. The highest BCUT2D eigenvalue weighted by Gasteiger charge is 2.25. The summed E-state index contributed by atoms with van der Waals surface area (Å²) in [6.45, 7) is 1.74. The Labute approximate surface area is 253 Å². The first-order chi connectivity index (χ1) is 19.7. The first-order valence-electron chi connectivity index (χ1n) is 17.6. The van der Waals surface area contributed by atoms with Gasteiger partial charge >= 0.3 is 0 Å². The van der Waals surface area contributed by atoms with Crippen LogP contribution in [0.25, 0.3) is 0 Å². The van der Waals surface area contributed by atoms with Crippen LogP contribution in [0.15, 0.2) is 0 Å². The van der Waals surface area contributed by atoms with Crippen LogP contribution in [0.5, 0.6) is 0 Å². The van der Waals surface area contributed by atoms with Gasteiger partial charge < -0.3 is 45.9 Å². The molecule has 5 rings (SSSR count). The molecule has 5 aliphatic carbocycles. The van der Waals surface area contributed by atoms with Gasteiger partial charge in [0.15, 0.2) is 0 Å². The van der Waals surface area contributed by atoms with Crippen LogP contribution in [0.2, 0.25) is 0 Å². The summed E-state index contributed by atoms with van der Waals surface area (Å²) in [7, 11) is 0. The van der Waals surface area contributed by atoms with Gasteiger partial charge in [-0.05, 0) is 165 Å². The van der Waals surface area contributed by atoms with Crippen LogP contribution in [-0.2, 0) is 0 Å². The monoisotopic (exact) mass is 581 g/mol. The van der Waals surface area contributed by atoms with Crippen LogP contribution in [-0.4, -0.2) is 49.3 Å². The van der Waals surface area contributed by atoms with E-state index < -0.39 is 0 Å². The molecule has 0 amide bonds. The van der Waals surface area contributed by atoms with E-state index in [1.807, 2.05) is 0 Å². The van der Waals surface area contributed by atoms with Gasteiger partial charge in [-0.2, -0.15) is 0 Å². The highest BCUT2D eigenvalue weighted by molar-refractivity contribution is 4.80. The molecule has 41 heavy (non-hydrogen) atoms. The summed E-state index contributed by atoms with van der Waals surface area (Å²) in [4.78, 5) is 0. The van der Waals surface area contributed by atoms with Crippen molar-refractivity contribution in [1.82, 2.24) is 0 Å². The molecule has 0 aliphatic heterocycles. The van der Waals surface area contributed by atoms with Crippen LogP contribution in [0.1, 0.15) is 135 Å². The van der Waals surface area contributed by atoms with Gasteiger partial charge in [0, 0.05) is 36.3 Å². The first kappa shape index (κ1) is 36.9. The van der Waals surface area contributed by atoms with Gasteiger partial charge in [-0.25, -0.2) is 0 Å². The van der Waals surface area contributed by atoms with Gasteiger partial charge in [-0.1, -0.05) is 6.42 Å². The van der Waals surface area contributed by atoms with Crippen molar-refractivity contribution < 1.29 is 0 Å². The second-order valence-corrected chi connectivity index (χ2v) is 14.5. The van der Waals surface area contributed by atoms with Crippen molar-refractivity contribution in [1.29, 1.82) is 0 Å². The maximum absolute atomic E-state index is 5.93. The zero-order valence-electron chi connectivity index (χ0n) is 26.7. The van der Waals surface area contributed by atoms with Crippen LogP contribution < -0.4 is 45.9 Å². The molecule has 0 saturated heterocycles. The Morgan fingerprint density at radius 2 is 0.585 bits per heavy atom. The third-order valence-electron chi connectivity index (χ3n) is 10.7. The molecule has 0 spiro atoms. The molecule has 244 valence electrons. The summed E-state index contributed by atoms with van der Waals surface area (Å²) in [6.07, 6.45) is 26.3. The van der Waals surface area contributed by atoms with Crippen molar-refractivity contribution in [2.45, 2.75) is 171 Å². The smallest absolute Gasteiger partial charge is 0.00535 e. The second-order valence-electron chi connectivity index (χ2n) is 14.5. The lowest BCUT2D eigenvalue weighted by molar-refractivity contribution is 0.225. The van der Waals surface area contributed by atoms with Crippen molar-refractivity contribution in [3.63, 3.8) is 0 Å². The largest absolute Gasteiger partial charge is 0.330 e. The molecule has 0 bridgehead atoms. The SMILES string of the molecule is NC1CCC(CC2CCC(N)CC2)CC1.NC1CCC(N)CC1.NC1CCCC(N)C1.NCC1CCC(CN)CC1. The van der Waals surface area contributed by atoms with Gasteiger partial charge in [-0.3, -0.25) is 0 Å². The molecular formula is C33H72N8. The van der Waals surface area contributed by atoms with Crippen LogP contribution >= 0.6 is 0 Å². The normalized spacial score (nSPS) is 39.5. The van der Waals surface area contributed by atoms with Gasteiger partial charge in [0.05, 0.1) is 0 Å². The molecule has 0 radical (unpaired) electrons. The highest BCUT2D eigenvalue weighted by atomic mass is 14.7. The lowest BCUT2D eigenvalue weighted by Crippen LogP contribution is -2.35. The van der Waals surface area contributed by atoms with Gasteiger partial charge in [0.2, 0.25) is 0 Å². The van der Waals surface area contributed by atoms with Crippen molar-refractivity contribution in [2.75, 3.05) is 13.1 Å². The highest BCUT2D eigenvalue weighted by Crippen LogP contribution is 2.34. The fourth-order valence-electron chi connectivity index (χ4n) is 7.43. The van der Waals surface area contributed by atoms with E-state index in [1.165, 1.54) is 103 Å². The summed E-state index contributed by atoms with van der Waals surface area (Å²) >= 11 is 0. The van der Waals surface area contributed by atoms with E-state index in [1.54, 1.807) is 0 Å². The Kier molecular flexibility index (Phi) is 19.2. The molecule has 5 aliphatic rings. The standard InChI is InChI=1S/C13H26N2.C8H18N2.2C6H14N2/c14-12-5-1-10(2-6-12)9-11-3-7-13(15)8-4-11;9-5-7-1-2-8(6-10)4-3-7;7-5-1-2-6(8)4-3-5;7-5-2-1-3-6(8)4-5/h10-13H,1-9,14-15H2;7-8H,1-6,9-10H2;2*5-6H,1-4,7-8H2. The molecule has 0 aromatic carbocycles. The van der Waals surface area contributed by atoms with Crippen LogP contribution in [0.3, 0.4) is 0 Å². The molecule has 2 unspecified atom stereocenters. The molecule has 8 heteroatoms.